The lowest BCUT2D eigenvalue weighted by Gasteiger charge is -2.22. The first kappa shape index (κ1) is 17.7. The minimum absolute atomic E-state index is 0.0209. The maximum Gasteiger partial charge on any atom is 0.132 e. The van der Waals surface area contributed by atoms with Gasteiger partial charge in [-0.05, 0) is 37.0 Å². The molecule has 1 nitrogen and oxygen atoms in total. The van der Waals surface area contributed by atoms with Gasteiger partial charge in [-0.15, -0.1) is 0 Å². The van der Waals surface area contributed by atoms with Gasteiger partial charge < -0.3 is 4.57 Å². The predicted molar refractivity (Wildman–Crippen MR) is 86.9 cm³/mol. The molecule has 2 rings (SSSR count). The van der Waals surface area contributed by atoms with Crippen LogP contribution in [-0.2, 0) is 0 Å². The van der Waals surface area contributed by atoms with Crippen LogP contribution in [-0.4, -0.2) is 10.7 Å². The van der Waals surface area contributed by atoms with Crippen molar-refractivity contribution in [3.8, 4) is 0 Å². The summed E-state index contributed by atoms with van der Waals surface area (Å²) >= 11 is 0. The lowest BCUT2D eigenvalue weighted by Crippen LogP contribution is -2.17. The average Bonchev–Trinajstić information content (AvgIpc) is 2.92. The molecule has 0 unspecified atom stereocenters. The first-order valence-corrected chi connectivity index (χ1v) is 7.93. The third kappa shape index (κ3) is 4.05. The van der Waals surface area contributed by atoms with Crippen LogP contribution >= 0.6 is 0 Å². The van der Waals surface area contributed by atoms with Crippen molar-refractivity contribution in [2.24, 2.45) is 5.92 Å². The van der Waals surface area contributed by atoms with Gasteiger partial charge in [-0.1, -0.05) is 40.7 Å². The molecular weight excluding hydrogens is 268 g/mol. The molecule has 0 radical (unpaired) electrons. The van der Waals surface area contributed by atoms with Crippen LogP contribution in [0.1, 0.15) is 53.5 Å². The van der Waals surface area contributed by atoms with E-state index in [0.29, 0.717) is 11.8 Å². The van der Waals surface area contributed by atoms with Crippen LogP contribution in [0.4, 0.5) is 8.78 Å². The highest BCUT2D eigenvalue weighted by Crippen LogP contribution is 2.29. The molecule has 1 heterocycles. The highest BCUT2D eigenvalue weighted by Gasteiger charge is 2.20. The van der Waals surface area contributed by atoms with Gasteiger partial charge in [-0.2, -0.15) is 0 Å². The largest absolute Gasteiger partial charge is 0.344 e. The van der Waals surface area contributed by atoms with Crippen LogP contribution in [0.5, 0.6) is 0 Å². The fourth-order valence-electron chi connectivity index (χ4n) is 2.48. The summed E-state index contributed by atoms with van der Waals surface area (Å²) in [7, 11) is 0. The Morgan fingerprint density at radius 3 is 2.38 bits per heavy atom. The lowest BCUT2D eigenvalue weighted by molar-refractivity contribution is 0.207. The Balaban J connectivity index is 0.00000106. The van der Waals surface area contributed by atoms with Gasteiger partial charge in [-0.3, -0.25) is 0 Å². The number of rotatable bonds is 5. The standard InChI is InChI=1S/C16H21F2N.C2H6/c1-4-12(10-15(18)11(2)3)19-9-8-13-14(17)6-5-7-16(13)19;1-2/h5-9,11-12,15H,4,10H2,1-3H3;1-2H3/t12-,15+;/m1./s1. The van der Waals surface area contributed by atoms with Gasteiger partial charge in [0.2, 0.25) is 0 Å². The summed E-state index contributed by atoms with van der Waals surface area (Å²) in [4.78, 5) is 0. The maximum atomic E-state index is 13.9. The maximum absolute atomic E-state index is 13.9. The number of nitrogens with zero attached hydrogens (tertiary/aromatic N) is 1. The second kappa shape index (κ2) is 8.16. The lowest BCUT2D eigenvalue weighted by atomic mass is 9.99. The van der Waals surface area contributed by atoms with Crippen molar-refractivity contribution in [2.75, 3.05) is 0 Å². The van der Waals surface area contributed by atoms with E-state index in [2.05, 4.69) is 0 Å². The van der Waals surface area contributed by atoms with Gasteiger partial charge in [0.1, 0.15) is 12.0 Å². The van der Waals surface area contributed by atoms with Crippen molar-refractivity contribution in [1.29, 1.82) is 0 Å². The van der Waals surface area contributed by atoms with Crippen molar-refractivity contribution < 1.29 is 8.78 Å². The molecule has 0 saturated heterocycles. The van der Waals surface area contributed by atoms with Crippen LogP contribution < -0.4 is 0 Å². The van der Waals surface area contributed by atoms with Gasteiger partial charge in [-0.25, -0.2) is 8.78 Å². The fourth-order valence-corrected chi connectivity index (χ4v) is 2.48. The normalized spacial score (nSPS) is 13.9. The minimum Gasteiger partial charge on any atom is -0.344 e. The van der Waals surface area contributed by atoms with Crippen LogP contribution in [0.2, 0.25) is 0 Å². The summed E-state index contributed by atoms with van der Waals surface area (Å²) in [6.45, 7) is 9.83. The Bertz CT molecular complexity index is 545. The molecule has 0 aliphatic carbocycles. The number of halogens is 2. The van der Waals surface area contributed by atoms with Crippen molar-refractivity contribution in [3.63, 3.8) is 0 Å². The molecule has 0 N–H and O–H groups in total. The average molecular weight is 295 g/mol. The second-order valence-electron chi connectivity index (χ2n) is 5.45. The molecule has 0 spiro atoms. The van der Waals surface area contributed by atoms with Crippen molar-refractivity contribution >= 4 is 10.9 Å². The zero-order valence-electron chi connectivity index (χ0n) is 13.7. The van der Waals surface area contributed by atoms with Gasteiger partial charge in [0.25, 0.3) is 0 Å². The number of benzene rings is 1. The van der Waals surface area contributed by atoms with E-state index in [4.69, 9.17) is 0 Å². The third-order valence-electron chi connectivity index (χ3n) is 3.80. The summed E-state index contributed by atoms with van der Waals surface area (Å²) in [6.07, 6.45) is 2.37. The molecule has 2 aromatic rings. The van der Waals surface area contributed by atoms with E-state index in [1.807, 2.05) is 51.4 Å². The van der Waals surface area contributed by atoms with Gasteiger partial charge in [0.15, 0.2) is 0 Å². The quantitative estimate of drug-likeness (QED) is 0.624. The highest BCUT2D eigenvalue weighted by atomic mass is 19.1. The van der Waals surface area contributed by atoms with Gasteiger partial charge in [0.05, 0.1) is 5.52 Å². The van der Waals surface area contributed by atoms with E-state index in [-0.39, 0.29) is 17.8 Å². The molecule has 2 atom stereocenters. The molecule has 118 valence electrons. The molecule has 0 bridgehead atoms. The Morgan fingerprint density at radius 1 is 1.14 bits per heavy atom. The van der Waals surface area contributed by atoms with E-state index in [9.17, 15) is 8.78 Å². The zero-order valence-corrected chi connectivity index (χ0v) is 13.7. The second-order valence-corrected chi connectivity index (χ2v) is 5.45. The molecule has 0 aliphatic heterocycles. The van der Waals surface area contributed by atoms with Crippen LogP contribution in [0.3, 0.4) is 0 Å². The zero-order chi connectivity index (χ0) is 16.0. The Hall–Kier alpha value is -1.38. The summed E-state index contributed by atoms with van der Waals surface area (Å²) < 4.78 is 29.6. The first-order valence-electron chi connectivity index (χ1n) is 7.93. The smallest absolute Gasteiger partial charge is 0.132 e. The fraction of sp³-hybridized carbons (Fsp3) is 0.556. The van der Waals surface area contributed by atoms with Crippen molar-refractivity contribution in [2.45, 2.75) is 59.7 Å². The van der Waals surface area contributed by atoms with Crippen molar-refractivity contribution in [3.05, 3.63) is 36.3 Å². The Morgan fingerprint density at radius 2 is 1.81 bits per heavy atom. The van der Waals surface area contributed by atoms with Crippen LogP contribution in [0, 0.1) is 11.7 Å². The summed E-state index contributed by atoms with van der Waals surface area (Å²) in [6, 6.07) is 6.91. The molecule has 0 saturated carbocycles. The van der Waals surface area contributed by atoms with Crippen LogP contribution in [0.15, 0.2) is 30.5 Å². The number of fused-ring (bicyclic) bond motifs is 1. The highest BCUT2D eigenvalue weighted by molar-refractivity contribution is 5.80. The predicted octanol–water partition coefficient (Wildman–Crippen LogP) is 6.14. The topological polar surface area (TPSA) is 4.93 Å². The minimum atomic E-state index is -0.823. The van der Waals surface area contributed by atoms with E-state index < -0.39 is 6.17 Å². The third-order valence-corrected chi connectivity index (χ3v) is 3.80. The Kier molecular flexibility index (Phi) is 6.86. The molecule has 0 aliphatic rings. The molecule has 0 amide bonds. The molecule has 0 fully saturated rings. The van der Waals surface area contributed by atoms with Crippen molar-refractivity contribution in [1.82, 2.24) is 4.57 Å². The molecule has 3 heteroatoms. The Labute approximate surface area is 127 Å². The van der Waals surface area contributed by atoms with E-state index in [1.54, 1.807) is 12.1 Å². The summed E-state index contributed by atoms with van der Waals surface area (Å²) in [5.41, 5.74) is 0.850. The van der Waals surface area contributed by atoms with Crippen LogP contribution in [0.25, 0.3) is 10.9 Å². The number of hydrogen-bond donors (Lipinski definition) is 0. The van der Waals surface area contributed by atoms with E-state index >= 15 is 0 Å². The molecular formula is C18H27F2N. The number of alkyl halides is 1. The molecule has 21 heavy (non-hydrogen) atoms. The number of hydrogen-bond acceptors (Lipinski definition) is 0. The van der Waals surface area contributed by atoms with E-state index in [1.165, 1.54) is 6.07 Å². The van der Waals surface area contributed by atoms with Gasteiger partial charge >= 0.3 is 0 Å². The summed E-state index contributed by atoms with van der Waals surface area (Å²) in [5.74, 6) is -0.195. The van der Waals surface area contributed by atoms with E-state index in [0.717, 1.165) is 11.9 Å². The van der Waals surface area contributed by atoms with Gasteiger partial charge in [0, 0.05) is 17.6 Å². The molecule has 1 aromatic carbocycles. The first-order chi connectivity index (χ1) is 10.0. The summed E-state index contributed by atoms with van der Waals surface area (Å²) in [5, 5.41) is 0.612. The molecule has 1 aromatic heterocycles. The SMILES string of the molecule is CC.CC[C@H](C[C@H](F)C(C)C)n1ccc2c(F)cccc21. The number of aromatic nitrogens is 1. The monoisotopic (exact) mass is 295 g/mol.